The van der Waals surface area contributed by atoms with Crippen LogP contribution in [0.2, 0.25) is 0 Å². The fourth-order valence-electron chi connectivity index (χ4n) is 5.45. The molecule has 148 valence electrons. The van der Waals surface area contributed by atoms with Crippen LogP contribution in [0.25, 0.3) is 10.9 Å². The maximum atomic E-state index is 12.8. The number of benzene rings is 1. The number of nitrogens with zero attached hydrogens (tertiary/aromatic N) is 1. The zero-order chi connectivity index (χ0) is 19.3. The molecule has 4 heterocycles. The van der Waals surface area contributed by atoms with E-state index in [2.05, 4.69) is 15.6 Å². The van der Waals surface area contributed by atoms with Crippen LogP contribution in [0.3, 0.4) is 0 Å². The zero-order valence-electron chi connectivity index (χ0n) is 16.0. The van der Waals surface area contributed by atoms with E-state index in [1.807, 2.05) is 36.1 Å². The number of para-hydroxylation sites is 1. The van der Waals surface area contributed by atoms with Gasteiger partial charge in [0, 0.05) is 48.6 Å². The second-order valence-electron chi connectivity index (χ2n) is 8.20. The van der Waals surface area contributed by atoms with Crippen LogP contribution < -0.4 is 10.6 Å². The van der Waals surface area contributed by atoms with Crippen LogP contribution in [0, 0.1) is 11.8 Å². The van der Waals surface area contributed by atoms with Crippen LogP contribution >= 0.6 is 0 Å². The fourth-order valence-corrected chi connectivity index (χ4v) is 5.45. The van der Waals surface area contributed by atoms with Gasteiger partial charge in [-0.1, -0.05) is 18.2 Å². The molecule has 28 heavy (non-hydrogen) atoms. The van der Waals surface area contributed by atoms with Crippen LogP contribution in [0.4, 0.5) is 4.79 Å². The first kappa shape index (κ1) is 17.6. The predicted molar refractivity (Wildman–Crippen MR) is 105 cm³/mol. The molecule has 1 aromatic heterocycles. The van der Waals surface area contributed by atoms with E-state index in [-0.39, 0.29) is 35.5 Å². The third kappa shape index (κ3) is 2.60. The van der Waals surface area contributed by atoms with E-state index in [0.717, 1.165) is 23.7 Å². The second-order valence-corrected chi connectivity index (χ2v) is 8.20. The summed E-state index contributed by atoms with van der Waals surface area (Å²) in [6.45, 7) is 4.50. The molecule has 3 N–H and O–H groups in total. The van der Waals surface area contributed by atoms with Gasteiger partial charge in [0.15, 0.2) is 0 Å². The van der Waals surface area contributed by atoms with E-state index < -0.39 is 0 Å². The van der Waals surface area contributed by atoms with E-state index in [1.54, 1.807) is 6.20 Å². The molecule has 7 nitrogen and oxygen atoms in total. The topological polar surface area (TPSA) is 86.5 Å². The Kier molecular flexibility index (Phi) is 4.08. The number of fused-ring (bicyclic) bond motifs is 2. The summed E-state index contributed by atoms with van der Waals surface area (Å²) >= 11 is 0. The van der Waals surface area contributed by atoms with E-state index in [0.29, 0.717) is 31.7 Å². The number of amides is 3. The molecule has 0 saturated carbocycles. The number of carbonyl (C=O) groups is 2. The van der Waals surface area contributed by atoms with Crippen molar-refractivity contribution in [2.24, 2.45) is 11.8 Å². The van der Waals surface area contributed by atoms with Crippen molar-refractivity contribution in [3.63, 3.8) is 0 Å². The Bertz CT molecular complexity index is 925. The van der Waals surface area contributed by atoms with Gasteiger partial charge in [0.05, 0.1) is 23.8 Å². The molecule has 2 aromatic rings. The summed E-state index contributed by atoms with van der Waals surface area (Å²) in [5.41, 5.74) is 1.42. The summed E-state index contributed by atoms with van der Waals surface area (Å²) in [6.07, 6.45) is 3.97. The summed E-state index contributed by atoms with van der Waals surface area (Å²) in [5.74, 6) is 0.479. The Morgan fingerprint density at radius 3 is 3.04 bits per heavy atom. The Balaban J connectivity index is 1.28. The molecule has 2 bridgehead atoms. The number of hydrogen-bond donors (Lipinski definition) is 3. The third-order valence-corrected chi connectivity index (χ3v) is 6.73. The normalized spacial score (nSPS) is 30.6. The lowest BCUT2D eigenvalue weighted by molar-refractivity contribution is 0.00555. The first-order chi connectivity index (χ1) is 13.6. The minimum absolute atomic E-state index is 0.0140. The van der Waals surface area contributed by atoms with Gasteiger partial charge >= 0.3 is 6.03 Å². The Morgan fingerprint density at radius 2 is 2.18 bits per heavy atom. The van der Waals surface area contributed by atoms with Crippen molar-refractivity contribution in [3.8, 4) is 0 Å². The smallest absolute Gasteiger partial charge is 0.317 e. The van der Waals surface area contributed by atoms with Crippen LogP contribution in [-0.2, 0) is 4.74 Å². The van der Waals surface area contributed by atoms with Gasteiger partial charge < -0.3 is 25.3 Å². The van der Waals surface area contributed by atoms with E-state index in [4.69, 9.17) is 4.74 Å². The van der Waals surface area contributed by atoms with Gasteiger partial charge in [-0.2, -0.15) is 0 Å². The number of ether oxygens (including phenoxy) is 1. The molecule has 7 heteroatoms. The second kappa shape index (κ2) is 6.51. The average Bonchev–Trinajstić information content (AvgIpc) is 3.44. The van der Waals surface area contributed by atoms with Gasteiger partial charge in [0.25, 0.3) is 5.91 Å². The molecule has 3 aliphatic rings. The standard InChI is InChI=1S/C21H26N4O3/c1-2-22-20(27)25-11-16-15(18-7-8-21(16,12-25)28-18)10-24-19(26)14-9-23-17-6-4-3-5-13(14)17/h3-6,9,15-16,18,23H,2,7-8,10-12H2,1H3,(H,22,27)(H,24,26)/t15-,16+,18+,21+/m0/s1. The molecule has 3 amide bonds. The van der Waals surface area contributed by atoms with Gasteiger partial charge in [-0.3, -0.25) is 4.79 Å². The van der Waals surface area contributed by atoms with E-state index in [9.17, 15) is 9.59 Å². The number of nitrogens with one attached hydrogen (secondary N) is 3. The first-order valence-electron chi connectivity index (χ1n) is 10.2. The maximum absolute atomic E-state index is 12.8. The Labute approximate surface area is 163 Å². The first-order valence-corrected chi connectivity index (χ1v) is 10.2. The fraction of sp³-hybridized carbons (Fsp3) is 0.524. The van der Waals surface area contributed by atoms with Gasteiger partial charge in [-0.05, 0) is 25.8 Å². The summed E-state index contributed by atoms with van der Waals surface area (Å²) < 4.78 is 6.37. The van der Waals surface area contributed by atoms with Crippen molar-refractivity contribution in [3.05, 3.63) is 36.0 Å². The highest BCUT2D eigenvalue weighted by atomic mass is 16.5. The van der Waals surface area contributed by atoms with Crippen LogP contribution in [0.15, 0.2) is 30.5 Å². The predicted octanol–water partition coefficient (Wildman–Crippen LogP) is 2.11. The highest BCUT2D eigenvalue weighted by molar-refractivity contribution is 6.06. The molecule has 0 radical (unpaired) electrons. The molecule has 4 atom stereocenters. The number of rotatable bonds is 4. The van der Waals surface area contributed by atoms with Gasteiger partial charge in [-0.15, -0.1) is 0 Å². The number of aromatic nitrogens is 1. The Morgan fingerprint density at radius 1 is 1.32 bits per heavy atom. The van der Waals surface area contributed by atoms with E-state index >= 15 is 0 Å². The summed E-state index contributed by atoms with van der Waals surface area (Å²) in [5, 5.41) is 6.95. The monoisotopic (exact) mass is 382 g/mol. The molecule has 0 unspecified atom stereocenters. The molecule has 0 aliphatic carbocycles. The largest absolute Gasteiger partial charge is 0.369 e. The molecule has 1 aromatic carbocycles. The third-order valence-electron chi connectivity index (χ3n) is 6.73. The van der Waals surface area contributed by atoms with Crippen molar-refractivity contribution in [2.75, 3.05) is 26.2 Å². The number of carbonyl (C=O) groups excluding carboxylic acids is 2. The van der Waals surface area contributed by atoms with E-state index in [1.165, 1.54) is 0 Å². The molecule has 3 fully saturated rings. The van der Waals surface area contributed by atoms with Crippen molar-refractivity contribution in [1.29, 1.82) is 0 Å². The molecular formula is C21H26N4O3. The van der Waals surface area contributed by atoms with Crippen LogP contribution in [0.5, 0.6) is 0 Å². The summed E-state index contributed by atoms with van der Waals surface area (Å²) in [6, 6.07) is 7.80. The lowest BCUT2D eigenvalue weighted by Gasteiger charge is -2.29. The molecular weight excluding hydrogens is 356 g/mol. The van der Waals surface area contributed by atoms with Gasteiger partial charge in [-0.25, -0.2) is 4.79 Å². The summed E-state index contributed by atoms with van der Waals surface area (Å²) in [4.78, 5) is 30.1. The maximum Gasteiger partial charge on any atom is 0.317 e. The number of aromatic amines is 1. The minimum Gasteiger partial charge on any atom is -0.369 e. The van der Waals surface area contributed by atoms with Gasteiger partial charge in [0.2, 0.25) is 0 Å². The number of hydrogen-bond acceptors (Lipinski definition) is 3. The quantitative estimate of drug-likeness (QED) is 0.757. The van der Waals surface area contributed by atoms with Crippen molar-refractivity contribution in [2.45, 2.75) is 31.5 Å². The molecule has 3 aliphatic heterocycles. The molecule has 5 rings (SSSR count). The zero-order valence-corrected chi connectivity index (χ0v) is 16.0. The minimum atomic E-state index is -0.216. The number of urea groups is 1. The SMILES string of the molecule is CCNC(=O)N1C[C@@H]2[C@H](CNC(=O)c3c[nH]c4ccccc34)[C@H]3CC[C@]2(C1)O3. The van der Waals surface area contributed by atoms with Crippen molar-refractivity contribution < 1.29 is 14.3 Å². The van der Waals surface area contributed by atoms with Crippen LogP contribution in [-0.4, -0.2) is 59.7 Å². The lowest BCUT2D eigenvalue weighted by atomic mass is 9.73. The molecule has 1 spiro atoms. The highest BCUT2D eigenvalue weighted by Gasteiger charge is 2.63. The van der Waals surface area contributed by atoms with Crippen molar-refractivity contribution >= 4 is 22.8 Å². The van der Waals surface area contributed by atoms with Crippen LogP contribution in [0.1, 0.15) is 30.1 Å². The number of likely N-dealkylation sites (tertiary alicyclic amines) is 1. The Hall–Kier alpha value is -2.54. The summed E-state index contributed by atoms with van der Waals surface area (Å²) in [7, 11) is 0. The van der Waals surface area contributed by atoms with Gasteiger partial charge in [0.1, 0.15) is 0 Å². The molecule has 3 saturated heterocycles. The number of H-pyrrole nitrogens is 1. The lowest BCUT2D eigenvalue weighted by Crippen LogP contribution is -2.41. The highest BCUT2D eigenvalue weighted by Crippen LogP contribution is 2.54. The van der Waals surface area contributed by atoms with Crippen molar-refractivity contribution in [1.82, 2.24) is 20.5 Å². The average molecular weight is 382 g/mol.